The van der Waals surface area contributed by atoms with Crippen molar-refractivity contribution in [2.75, 3.05) is 37.4 Å². The Labute approximate surface area is 118 Å². The minimum absolute atomic E-state index is 0.310. The molecule has 1 aliphatic rings. The third-order valence-corrected chi connectivity index (χ3v) is 3.58. The fourth-order valence-electron chi connectivity index (χ4n) is 2.21. The summed E-state index contributed by atoms with van der Waals surface area (Å²) in [6.07, 6.45) is 2.64. The van der Waals surface area contributed by atoms with E-state index in [-0.39, 0.29) is 0 Å². The molecule has 2 N–H and O–H groups in total. The van der Waals surface area contributed by atoms with Crippen LogP contribution in [0.4, 0.5) is 11.8 Å². The van der Waals surface area contributed by atoms with E-state index < -0.39 is 0 Å². The summed E-state index contributed by atoms with van der Waals surface area (Å²) in [7, 11) is 2.01. The highest BCUT2D eigenvalue weighted by atomic mass is 16.5. The van der Waals surface area contributed by atoms with Crippen LogP contribution in [0.5, 0.6) is 0 Å². The van der Waals surface area contributed by atoms with Gasteiger partial charge in [-0.15, -0.1) is 0 Å². The lowest BCUT2D eigenvalue weighted by Crippen LogP contribution is -2.24. The average Bonchev–Trinajstić information content (AvgIpc) is 3.26. The number of hydrogen-bond donors (Lipinski definition) is 1. The molecule has 1 aromatic carbocycles. The molecule has 20 heavy (non-hydrogen) atoms. The van der Waals surface area contributed by atoms with Gasteiger partial charge < -0.3 is 15.4 Å². The zero-order chi connectivity index (χ0) is 13.9. The quantitative estimate of drug-likeness (QED) is 0.816. The molecule has 0 aliphatic heterocycles. The molecule has 1 aromatic heterocycles. The van der Waals surface area contributed by atoms with Crippen LogP contribution in [-0.4, -0.2) is 36.8 Å². The predicted octanol–water partition coefficient (Wildman–Crippen LogP) is 2.07. The molecule has 0 spiro atoms. The van der Waals surface area contributed by atoms with Crippen molar-refractivity contribution >= 4 is 22.7 Å². The molecule has 1 aliphatic carbocycles. The molecule has 1 saturated carbocycles. The first-order valence-electron chi connectivity index (χ1n) is 7.05. The maximum atomic E-state index is 5.79. The lowest BCUT2D eigenvalue weighted by molar-refractivity contribution is 0.131. The molecule has 0 saturated heterocycles. The largest absolute Gasteiger partial charge is 0.379 e. The maximum Gasteiger partial charge on any atom is 0.222 e. The number of benzene rings is 1. The Kier molecular flexibility index (Phi) is 3.69. The molecular weight excluding hydrogens is 252 g/mol. The van der Waals surface area contributed by atoms with Crippen molar-refractivity contribution in [3.05, 3.63) is 24.3 Å². The molecule has 5 nitrogen and oxygen atoms in total. The van der Waals surface area contributed by atoms with E-state index in [0.29, 0.717) is 12.6 Å². The summed E-state index contributed by atoms with van der Waals surface area (Å²) >= 11 is 0. The van der Waals surface area contributed by atoms with Crippen LogP contribution < -0.4 is 10.6 Å². The number of nitrogens with zero attached hydrogens (tertiary/aromatic N) is 3. The number of aromatic nitrogens is 2. The summed E-state index contributed by atoms with van der Waals surface area (Å²) in [4.78, 5) is 10.7. The lowest BCUT2D eigenvalue weighted by Gasteiger charge is -2.20. The molecule has 1 fully saturated rings. The summed E-state index contributed by atoms with van der Waals surface area (Å²) in [6, 6.07) is 7.92. The molecule has 0 radical (unpaired) electrons. The number of fused-ring (bicyclic) bond motifs is 1. The summed E-state index contributed by atoms with van der Waals surface area (Å²) in [5, 5.41) is 1.02. The van der Waals surface area contributed by atoms with E-state index in [1.807, 2.05) is 31.3 Å². The summed E-state index contributed by atoms with van der Waals surface area (Å²) in [6.45, 7) is 2.40. The van der Waals surface area contributed by atoms with Crippen molar-refractivity contribution in [1.29, 1.82) is 0 Å². The average molecular weight is 272 g/mol. The first-order valence-corrected chi connectivity index (χ1v) is 7.05. The van der Waals surface area contributed by atoms with Crippen molar-refractivity contribution in [2.24, 2.45) is 5.92 Å². The zero-order valence-electron chi connectivity index (χ0n) is 11.7. The third kappa shape index (κ3) is 2.99. The van der Waals surface area contributed by atoms with E-state index in [4.69, 9.17) is 10.5 Å². The molecule has 2 aromatic rings. The molecule has 0 unspecified atom stereocenters. The number of hydrogen-bond acceptors (Lipinski definition) is 5. The van der Waals surface area contributed by atoms with Crippen molar-refractivity contribution in [2.45, 2.75) is 12.8 Å². The molecular formula is C15H20N4O. The maximum absolute atomic E-state index is 5.79. The van der Waals surface area contributed by atoms with Gasteiger partial charge in [0, 0.05) is 25.6 Å². The van der Waals surface area contributed by atoms with Gasteiger partial charge in [-0.1, -0.05) is 12.1 Å². The molecule has 1 heterocycles. The Balaban J connectivity index is 1.70. The fourth-order valence-corrected chi connectivity index (χ4v) is 2.21. The van der Waals surface area contributed by atoms with Gasteiger partial charge in [-0.3, -0.25) is 0 Å². The summed E-state index contributed by atoms with van der Waals surface area (Å²) < 4.78 is 5.68. The van der Waals surface area contributed by atoms with E-state index in [2.05, 4.69) is 14.9 Å². The van der Waals surface area contributed by atoms with Crippen LogP contribution in [0.25, 0.3) is 10.9 Å². The molecule has 0 atom stereocenters. The van der Waals surface area contributed by atoms with Crippen molar-refractivity contribution in [1.82, 2.24) is 9.97 Å². The van der Waals surface area contributed by atoms with E-state index in [1.165, 1.54) is 12.8 Å². The minimum atomic E-state index is 0.310. The van der Waals surface area contributed by atoms with Gasteiger partial charge in [-0.25, -0.2) is 4.98 Å². The fraction of sp³-hybridized carbons (Fsp3) is 0.467. The molecule has 0 amide bonds. The highest BCUT2D eigenvalue weighted by Crippen LogP contribution is 2.28. The lowest BCUT2D eigenvalue weighted by atomic mass is 10.2. The van der Waals surface area contributed by atoms with Gasteiger partial charge in [-0.2, -0.15) is 4.98 Å². The monoisotopic (exact) mass is 272 g/mol. The zero-order valence-corrected chi connectivity index (χ0v) is 11.7. The standard InChI is InChI=1S/C15H20N4O/c1-19(8-9-20-10-11-6-7-11)14-12-4-2-3-5-13(12)17-15(16)18-14/h2-5,11H,6-10H2,1H3,(H2,16,17,18). The first kappa shape index (κ1) is 13.1. The Bertz CT molecular complexity index is 597. The number of nitrogens with two attached hydrogens (primary N) is 1. The number of anilines is 2. The second kappa shape index (κ2) is 5.63. The predicted molar refractivity (Wildman–Crippen MR) is 80.8 cm³/mol. The van der Waals surface area contributed by atoms with Crippen LogP contribution in [0.3, 0.4) is 0 Å². The van der Waals surface area contributed by atoms with Gasteiger partial charge in [0.05, 0.1) is 12.1 Å². The number of ether oxygens (including phenoxy) is 1. The van der Waals surface area contributed by atoms with Crippen LogP contribution >= 0.6 is 0 Å². The number of para-hydroxylation sites is 1. The van der Waals surface area contributed by atoms with E-state index in [1.54, 1.807) is 0 Å². The summed E-state index contributed by atoms with van der Waals surface area (Å²) in [5.74, 6) is 1.98. The van der Waals surface area contributed by atoms with Crippen LogP contribution in [-0.2, 0) is 4.74 Å². The third-order valence-electron chi connectivity index (χ3n) is 3.58. The van der Waals surface area contributed by atoms with Gasteiger partial charge in [0.2, 0.25) is 5.95 Å². The molecule has 0 bridgehead atoms. The van der Waals surface area contributed by atoms with Crippen molar-refractivity contribution in [3.63, 3.8) is 0 Å². The van der Waals surface area contributed by atoms with Gasteiger partial charge >= 0.3 is 0 Å². The topological polar surface area (TPSA) is 64.3 Å². The van der Waals surface area contributed by atoms with Crippen molar-refractivity contribution < 1.29 is 4.74 Å². The Hall–Kier alpha value is -1.88. The second-order valence-electron chi connectivity index (χ2n) is 5.36. The molecule has 106 valence electrons. The van der Waals surface area contributed by atoms with Crippen molar-refractivity contribution in [3.8, 4) is 0 Å². The SMILES string of the molecule is CN(CCOCC1CC1)c1nc(N)nc2ccccc12. The van der Waals surface area contributed by atoms with Gasteiger partial charge in [0.15, 0.2) is 0 Å². The van der Waals surface area contributed by atoms with Gasteiger partial charge in [0.25, 0.3) is 0 Å². The van der Waals surface area contributed by atoms with Crippen LogP contribution in [0.1, 0.15) is 12.8 Å². The smallest absolute Gasteiger partial charge is 0.222 e. The highest BCUT2D eigenvalue weighted by Gasteiger charge is 2.21. The van der Waals surface area contributed by atoms with E-state index in [9.17, 15) is 0 Å². The van der Waals surface area contributed by atoms with E-state index >= 15 is 0 Å². The van der Waals surface area contributed by atoms with Gasteiger partial charge in [-0.05, 0) is 30.9 Å². The second-order valence-corrected chi connectivity index (χ2v) is 5.36. The van der Waals surface area contributed by atoms with Crippen LogP contribution in [0.2, 0.25) is 0 Å². The number of nitrogen functional groups attached to an aromatic ring is 1. The molecule has 5 heteroatoms. The first-order chi connectivity index (χ1) is 9.74. The number of likely N-dealkylation sites (N-methyl/N-ethyl adjacent to an activating group) is 1. The van der Waals surface area contributed by atoms with Crippen LogP contribution in [0.15, 0.2) is 24.3 Å². The van der Waals surface area contributed by atoms with Crippen LogP contribution in [0, 0.1) is 5.92 Å². The highest BCUT2D eigenvalue weighted by molar-refractivity contribution is 5.90. The normalized spacial score (nSPS) is 14.7. The Morgan fingerprint density at radius 2 is 2.10 bits per heavy atom. The minimum Gasteiger partial charge on any atom is -0.379 e. The van der Waals surface area contributed by atoms with Gasteiger partial charge in [0.1, 0.15) is 5.82 Å². The Morgan fingerprint density at radius 1 is 1.30 bits per heavy atom. The Morgan fingerprint density at radius 3 is 2.90 bits per heavy atom. The summed E-state index contributed by atoms with van der Waals surface area (Å²) in [5.41, 5.74) is 6.66. The number of rotatable bonds is 6. The van der Waals surface area contributed by atoms with E-state index in [0.717, 1.165) is 35.8 Å². The molecule has 3 rings (SSSR count).